The van der Waals surface area contributed by atoms with Crippen LogP contribution in [0.2, 0.25) is 0 Å². The number of allylic oxidation sites excluding steroid dienone is 2. The molecule has 0 aliphatic heterocycles. The lowest BCUT2D eigenvalue weighted by Crippen LogP contribution is -2.16. The zero-order valence-corrected chi connectivity index (χ0v) is 12.0. The first-order valence-electron chi connectivity index (χ1n) is 6.58. The van der Waals surface area contributed by atoms with Gasteiger partial charge in [-0.2, -0.15) is 0 Å². The quantitative estimate of drug-likeness (QED) is 0.737. The highest BCUT2D eigenvalue weighted by Gasteiger charge is 2.14. The summed E-state index contributed by atoms with van der Waals surface area (Å²) >= 11 is 0. The van der Waals surface area contributed by atoms with Gasteiger partial charge in [0.05, 0.1) is 23.7 Å². The van der Waals surface area contributed by atoms with Crippen molar-refractivity contribution in [2.24, 2.45) is 10.7 Å². The maximum Gasteiger partial charge on any atom is 0.128 e. The molecule has 1 aliphatic rings. The molecule has 5 nitrogen and oxygen atoms in total. The fourth-order valence-electron chi connectivity index (χ4n) is 1.89. The predicted molar refractivity (Wildman–Crippen MR) is 85.2 cm³/mol. The lowest BCUT2D eigenvalue weighted by Gasteiger charge is -2.16. The van der Waals surface area contributed by atoms with Gasteiger partial charge in [-0.15, -0.1) is 0 Å². The number of anilines is 1. The molecule has 0 atom stereocenters. The van der Waals surface area contributed by atoms with Crippen LogP contribution in [0.4, 0.5) is 11.4 Å². The highest BCUT2D eigenvalue weighted by atomic mass is 16.5. The van der Waals surface area contributed by atoms with Gasteiger partial charge in [-0.1, -0.05) is 6.58 Å². The molecule has 21 heavy (non-hydrogen) atoms. The molecule has 0 aromatic heterocycles. The van der Waals surface area contributed by atoms with E-state index >= 15 is 0 Å². The molecule has 0 amide bonds. The Balaban J connectivity index is 2.33. The number of aliphatic hydroxyl groups excluding tert-OH is 1. The van der Waals surface area contributed by atoms with Gasteiger partial charge in [-0.05, 0) is 36.8 Å². The van der Waals surface area contributed by atoms with E-state index in [0.717, 1.165) is 16.9 Å². The average Bonchev–Trinajstić information content (AvgIpc) is 2.44. The zero-order chi connectivity index (χ0) is 15.4. The number of aryl methyl sites for hydroxylation is 1. The van der Waals surface area contributed by atoms with E-state index in [1.165, 1.54) is 0 Å². The van der Waals surface area contributed by atoms with Crippen molar-refractivity contribution in [2.45, 2.75) is 6.92 Å². The van der Waals surface area contributed by atoms with E-state index in [1.54, 1.807) is 12.2 Å². The molecule has 0 bridgehead atoms. The van der Waals surface area contributed by atoms with Crippen molar-refractivity contribution in [3.05, 3.63) is 59.5 Å². The summed E-state index contributed by atoms with van der Waals surface area (Å²) in [6.45, 7) is 5.93. The van der Waals surface area contributed by atoms with Crippen LogP contribution in [0, 0.1) is 6.92 Å². The molecular formula is C16H19N3O2. The first kappa shape index (κ1) is 14.9. The van der Waals surface area contributed by atoms with Crippen molar-refractivity contribution in [3.63, 3.8) is 0 Å². The number of aliphatic hydroxyl groups is 1. The summed E-state index contributed by atoms with van der Waals surface area (Å²) in [6.07, 6.45) is 3.43. The minimum absolute atomic E-state index is 0.0621. The van der Waals surface area contributed by atoms with Gasteiger partial charge in [-0.25, -0.2) is 4.99 Å². The van der Waals surface area contributed by atoms with E-state index in [0.29, 0.717) is 22.7 Å². The third-order valence-corrected chi connectivity index (χ3v) is 3.06. The zero-order valence-electron chi connectivity index (χ0n) is 12.0. The van der Waals surface area contributed by atoms with Gasteiger partial charge >= 0.3 is 0 Å². The summed E-state index contributed by atoms with van der Waals surface area (Å²) in [5, 5.41) is 8.83. The van der Waals surface area contributed by atoms with E-state index in [-0.39, 0.29) is 13.2 Å². The topological polar surface area (TPSA) is 93.9 Å². The second-order valence-corrected chi connectivity index (χ2v) is 4.74. The summed E-state index contributed by atoms with van der Waals surface area (Å²) in [6, 6.07) is 5.53. The molecule has 0 fully saturated rings. The summed E-state index contributed by atoms with van der Waals surface area (Å²) in [5.74, 6) is 0.559. The maximum absolute atomic E-state index is 8.83. The SMILES string of the molecule is C=C1C=C(N)C(=Nc2ccc(N)c(C)c2)C=C1OCCO. The minimum atomic E-state index is -0.0621. The number of aliphatic imine (C=N–C) groups is 1. The van der Waals surface area contributed by atoms with Crippen LogP contribution in [-0.4, -0.2) is 24.0 Å². The number of hydrogen-bond acceptors (Lipinski definition) is 5. The second-order valence-electron chi connectivity index (χ2n) is 4.74. The largest absolute Gasteiger partial charge is 0.491 e. The molecule has 0 saturated heterocycles. The first-order chi connectivity index (χ1) is 10.0. The van der Waals surface area contributed by atoms with Crippen molar-refractivity contribution in [2.75, 3.05) is 18.9 Å². The summed E-state index contributed by atoms with van der Waals surface area (Å²) in [7, 11) is 0. The second kappa shape index (κ2) is 6.28. The Labute approximate surface area is 123 Å². The Bertz CT molecular complexity index is 657. The Morgan fingerprint density at radius 3 is 2.71 bits per heavy atom. The summed E-state index contributed by atoms with van der Waals surface area (Å²) in [5.41, 5.74) is 16.0. The Morgan fingerprint density at radius 1 is 1.29 bits per heavy atom. The van der Waals surface area contributed by atoms with Crippen molar-refractivity contribution >= 4 is 17.1 Å². The van der Waals surface area contributed by atoms with Gasteiger partial charge in [0.1, 0.15) is 12.4 Å². The third-order valence-electron chi connectivity index (χ3n) is 3.06. The van der Waals surface area contributed by atoms with E-state index < -0.39 is 0 Å². The van der Waals surface area contributed by atoms with Crippen molar-refractivity contribution in [1.29, 1.82) is 0 Å². The fourth-order valence-corrected chi connectivity index (χ4v) is 1.89. The van der Waals surface area contributed by atoms with Crippen LogP contribution in [0.25, 0.3) is 0 Å². The molecule has 1 aromatic rings. The normalized spacial score (nSPS) is 16.7. The lowest BCUT2D eigenvalue weighted by molar-refractivity contribution is 0.150. The molecule has 1 aromatic carbocycles. The van der Waals surface area contributed by atoms with Crippen molar-refractivity contribution in [1.82, 2.24) is 0 Å². The molecule has 0 unspecified atom stereocenters. The van der Waals surface area contributed by atoms with Crippen LogP contribution in [0.1, 0.15) is 5.56 Å². The van der Waals surface area contributed by atoms with Gasteiger partial charge in [0.15, 0.2) is 0 Å². The lowest BCUT2D eigenvalue weighted by atomic mass is 10.0. The minimum Gasteiger partial charge on any atom is -0.491 e. The van der Waals surface area contributed by atoms with Crippen LogP contribution in [-0.2, 0) is 4.74 Å². The molecule has 0 saturated carbocycles. The highest BCUT2D eigenvalue weighted by Crippen LogP contribution is 2.23. The molecule has 5 N–H and O–H groups in total. The Morgan fingerprint density at radius 2 is 2.05 bits per heavy atom. The Hall–Kier alpha value is -2.53. The Kier molecular flexibility index (Phi) is 4.45. The van der Waals surface area contributed by atoms with Crippen LogP contribution in [0.3, 0.4) is 0 Å². The fraction of sp³-hybridized carbons (Fsp3) is 0.188. The average molecular weight is 285 g/mol. The number of rotatable bonds is 4. The van der Waals surface area contributed by atoms with Crippen LogP contribution < -0.4 is 11.5 Å². The van der Waals surface area contributed by atoms with Gasteiger partial charge in [0.2, 0.25) is 0 Å². The number of nitrogens with zero attached hydrogens (tertiary/aromatic N) is 1. The van der Waals surface area contributed by atoms with E-state index in [2.05, 4.69) is 11.6 Å². The van der Waals surface area contributed by atoms with E-state index in [4.69, 9.17) is 21.3 Å². The van der Waals surface area contributed by atoms with Crippen LogP contribution >= 0.6 is 0 Å². The van der Waals surface area contributed by atoms with Crippen molar-refractivity contribution < 1.29 is 9.84 Å². The highest BCUT2D eigenvalue weighted by molar-refractivity contribution is 6.11. The standard InChI is InChI=1S/C16H19N3O2/c1-10-7-12(3-4-13(10)17)19-15-9-16(21-6-5-20)11(2)8-14(15)18/h3-4,7-9,20H,2,5-6,17-18H2,1H3. The van der Waals surface area contributed by atoms with E-state index in [1.807, 2.05) is 25.1 Å². The molecule has 5 heteroatoms. The van der Waals surface area contributed by atoms with Crippen molar-refractivity contribution in [3.8, 4) is 0 Å². The van der Waals surface area contributed by atoms with Crippen LogP contribution in [0.15, 0.2) is 59.0 Å². The molecule has 0 heterocycles. The van der Waals surface area contributed by atoms with Gasteiger partial charge < -0.3 is 21.3 Å². The number of hydrogen-bond donors (Lipinski definition) is 3. The van der Waals surface area contributed by atoms with Gasteiger partial charge in [0.25, 0.3) is 0 Å². The van der Waals surface area contributed by atoms with Gasteiger partial charge in [0, 0.05) is 17.3 Å². The molecule has 0 radical (unpaired) electrons. The molecule has 1 aliphatic carbocycles. The monoisotopic (exact) mass is 285 g/mol. The molecule has 2 rings (SSSR count). The number of benzene rings is 1. The van der Waals surface area contributed by atoms with Gasteiger partial charge in [-0.3, -0.25) is 0 Å². The van der Waals surface area contributed by atoms with E-state index in [9.17, 15) is 0 Å². The summed E-state index contributed by atoms with van der Waals surface area (Å²) in [4.78, 5) is 4.50. The first-order valence-corrected chi connectivity index (χ1v) is 6.58. The molecule has 110 valence electrons. The number of nitrogen functional groups attached to an aromatic ring is 1. The smallest absolute Gasteiger partial charge is 0.128 e. The summed E-state index contributed by atoms with van der Waals surface area (Å²) < 4.78 is 5.41. The number of ether oxygens (including phenoxy) is 1. The molecule has 0 spiro atoms. The predicted octanol–water partition coefficient (Wildman–Crippen LogP) is 1.95. The van der Waals surface area contributed by atoms with Crippen LogP contribution in [0.5, 0.6) is 0 Å². The maximum atomic E-state index is 8.83. The molecular weight excluding hydrogens is 266 g/mol. The third kappa shape index (κ3) is 3.52. The number of nitrogens with two attached hydrogens (primary N) is 2.